The molecule has 0 aliphatic carbocycles. The van der Waals surface area contributed by atoms with Crippen LogP contribution in [0.5, 0.6) is 5.75 Å². The summed E-state index contributed by atoms with van der Waals surface area (Å²) in [5.74, 6) is -0.0997. The van der Waals surface area contributed by atoms with Crippen molar-refractivity contribution in [1.82, 2.24) is 0 Å². The van der Waals surface area contributed by atoms with Crippen LogP contribution in [0.3, 0.4) is 0 Å². The Morgan fingerprint density at radius 3 is 2.44 bits per heavy atom. The van der Waals surface area contributed by atoms with Gasteiger partial charge in [0.15, 0.2) is 0 Å². The first-order valence-corrected chi connectivity index (χ1v) is 12.7. The van der Waals surface area contributed by atoms with Crippen molar-refractivity contribution < 1.29 is 14.3 Å². The molecule has 1 heterocycles. The number of carbonyl (C=O) groups excluding carboxylic acids is 2. The summed E-state index contributed by atoms with van der Waals surface area (Å²) in [6, 6.07) is 23.7. The molecule has 2 amide bonds. The van der Waals surface area contributed by atoms with Crippen LogP contribution in [0.15, 0.2) is 83.4 Å². The van der Waals surface area contributed by atoms with Gasteiger partial charge < -0.3 is 10.1 Å². The largest absolute Gasteiger partial charge is 0.494 e. The molecule has 0 aromatic heterocycles. The molecule has 1 unspecified atom stereocenters. The first-order chi connectivity index (χ1) is 17.4. The summed E-state index contributed by atoms with van der Waals surface area (Å²) in [5, 5.41) is 13.2. The predicted molar refractivity (Wildman–Crippen MR) is 144 cm³/mol. The van der Waals surface area contributed by atoms with Crippen molar-refractivity contribution in [1.29, 1.82) is 5.26 Å². The van der Waals surface area contributed by atoms with Gasteiger partial charge in [-0.05, 0) is 73.9 Å². The van der Waals surface area contributed by atoms with Gasteiger partial charge in [-0.25, -0.2) is 0 Å². The van der Waals surface area contributed by atoms with Crippen molar-refractivity contribution in [3.8, 4) is 11.8 Å². The van der Waals surface area contributed by atoms with Crippen molar-refractivity contribution in [2.75, 3.05) is 16.8 Å². The molecule has 0 saturated carbocycles. The second kappa shape index (κ2) is 11.3. The van der Waals surface area contributed by atoms with Crippen molar-refractivity contribution >= 4 is 46.6 Å². The molecule has 0 spiro atoms. The highest BCUT2D eigenvalue weighted by Crippen LogP contribution is 2.42. The Labute approximate surface area is 219 Å². The molecule has 3 aromatic carbocycles. The van der Waals surface area contributed by atoms with Crippen LogP contribution < -0.4 is 15.0 Å². The van der Waals surface area contributed by atoms with Crippen molar-refractivity contribution in [2.45, 2.75) is 25.5 Å². The van der Waals surface area contributed by atoms with Gasteiger partial charge in [-0.2, -0.15) is 5.26 Å². The average molecular weight is 518 g/mol. The number of benzene rings is 3. The summed E-state index contributed by atoms with van der Waals surface area (Å²) in [6.45, 7) is 4.28. The zero-order chi connectivity index (χ0) is 25.7. The molecule has 1 aliphatic rings. The van der Waals surface area contributed by atoms with E-state index in [2.05, 4.69) is 5.32 Å². The van der Waals surface area contributed by atoms with E-state index in [9.17, 15) is 14.9 Å². The highest BCUT2D eigenvalue weighted by atomic mass is 35.5. The SMILES string of the molecule is CCOc1ccc(N2C(=O)C(Cc3ccc(Cl)cc3)S/C2=C(/C#N)C(=O)Nc2ccccc2C)cc1. The standard InChI is InChI=1S/C28H24ClN3O3S/c1-3-35-22-14-12-21(13-15-22)32-27(34)25(16-19-8-10-20(29)11-9-19)36-28(32)23(17-30)26(33)31-24-7-5-4-6-18(24)2/h4-15,25H,3,16H2,1-2H3,(H,31,33)/b28-23-. The van der Waals surface area contributed by atoms with E-state index >= 15 is 0 Å². The van der Waals surface area contributed by atoms with E-state index in [0.29, 0.717) is 40.2 Å². The number of amides is 2. The van der Waals surface area contributed by atoms with Crippen LogP contribution in [0.25, 0.3) is 0 Å². The maximum atomic E-state index is 13.6. The van der Waals surface area contributed by atoms with E-state index < -0.39 is 11.2 Å². The number of aryl methyl sites for hydroxylation is 1. The number of halogens is 1. The molecule has 4 rings (SSSR count). The Bertz CT molecular complexity index is 1350. The van der Waals surface area contributed by atoms with E-state index in [4.69, 9.17) is 16.3 Å². The quantitative estimate of drug-likeness (QED) is 0.302. The average Bonchev–Trinajstić information content (AvgIpc) is 3.18. The summed E-state index contributed by atoms with van der Waals surface area (Å²) in [6.07, 6.45) is 0.426. The van der Waals surface area contributed by atoms with Gasteiger partial charge in [-0.1, -0.05) is 53.7 Å². The first kappa shape index (κ1) is 25.4. The number of thioether (sulfide) groups is 1. The maximum Gasteiger partial charge on any atom is 0.269 e. The molecule has 1 atom stereocenters. The van der Waals surface area contributed by atoms with Gasteiger partial charge in [0.05, 0.1) is 11.9 Å². The highest BCUT2D eigenvalue weighted by molar-refractivity contribution is 8.05. The van der Waals surface area contributed by atoms with Gasteiger partial charge >= 0.3 is 0 Å². The molecular formula is C28H24ClN3O3S. The Morgan fingerprint density at radius 1 is 1.11 bits per heavy atom. The lowest BCUT2D eigenvalue weighted by Crippen LogP contribution is -2.31. The van der Waals surface area contributed by atoms with Crippen LogP contribution in [-0.4, -0.2) is 23.7 Å². The Hall–Kier alpha value is -3.73. The van der Waals surface area contributed by atoms with E-state index in [0.717, 1.165) is 11.1 Å². The van der Waals surface area contributed by atoms with Crippen LogP contribution in [0.2, 0.25) is 5.02 Å². The van der Waals surface area contributed by atoms with Gasteiger partial charge in [0.25, 0.3) is 5.91 Å². The third kappa shape index (κ3) is 5.56. The molecule has 8 heteroatoms. The molecule has 0 radical (unpaired) electrons. The molecule has 182 valence electrons. The Kier molecular flexibility index (Phi) is 7.99. The minimum absolute atomic E-state index is 0.121. The van der Waals surface area contributed by atoms with Crippen LogP contribution >= 0.6 is 23.4 Å². The number of hydrogen-bond donors (Lipinski definition) is 1. The normalized spacial score (nSPS) is 16.4. The molecule has 1 saturated heterocycles. The minimum atomic E-state index is -0.565. The lowest BCUT2D eigenvalue weighted by atomic mass is 10.1. The highest BCUT2D eigenvalue weighted by Gasteiger charge is 2.40. The number of rotatable bonds is 7. The second-order valence-corrected chi connectivity index (χ2v) is 9.73. The van der Waals surface area contributed by atoms with Crippen molar-refractivity contribution in [3.63, 3.8) is 0 Å². The fraction of sp³-hybridized carbons (Fsp3) is 0.179. The summed E-state index contributed by atoms with van der Waals surface area (Å²) >= 11 is 7.23. The van der Waals surface area contributed by atoms with Gasteiger partial charge in [0.1, 0.15) is 22.4 Å². The summed E-state index contributed by atoms with van der Waals surface area (Å²) < 4.78 is 5.52. The third-order valence-corrected chi connectivity index (χ3v) is 7.15. The number of nitriles is 1. The second-order valence-electron chi connectivity index (χ2n) is 8.10. The van der Waals surface area contributed by atoms with E-state index in [1.165, 1.54) is 16.7 Å². The van der Waals surface area contributed by atoms with Gasteiger partial charge in [0.2, 0.25) is 5.91 Å². The topological polar surface area (TPSA) is 82.4 Å². The van der Waals surface area contributed by atoms with Crippen molar-refractivity contribution in [2.24, 2.45) is 0 Å². The number of hydrogen-bond acceptors (Lipinski definition) is 5. The molecule has 0 bridgehead atoms. The van der Waals surface area contributed by atoms with E-state index in [-0.39, 0.29) is 11.5 Å². The maximum absolute atomic E-state index is 13.6. The molecular weight excluding hydrogens is 494 g/mol. The number of nitrogens with zero attached hydrogens (tertiary/aromatic N) is 2. The monoisotopic (exact) mass is 517 g/mol. The molecule has 1 N–H and O–H groups in total. The first-order valence-electron chi connectivity index (χ1n) is 11.4. The van der Waals surface area contributed by atoms with Gasteiger partial charge in [-0.3, -0.25) is 14.5 Å². The fourth-order valence-corrected chi connectivity index (χ4v) is 5.25. The zero-order valence-electron chi connectivity index (χ0n) is 19.8. The van der Waals surface area contributed by atoms with E-state index in [1.54, 1.807) is 42.5 Å². The number of anilines is 2. The molecule has 1 fully saturated rings. The Balaban J connectivity index is 1.72. The van der Waals surface area contributed by atoms with Crippen LogP contribution in [0.4, 0.5) is 11.4 Å². The number of ether oxygens (including phenoxy) is 1. The zero-order valence-corrected chi connectivity index (χ0v) is 21.4. The number of carbonyl (C=O) groups is 2. The molecule has 3 aromatic rings. The predicted octanol–water partition coefficient (Wildman–Crippen LogP) is 6.11. The molecule has 6 nitrogen and oxygen atoms in total. The van der Waals surface area contributed by atoms with Crippen LogP contribution in [0, 0.1) is 18.3 Å². The summed E-state index contributed by atoms with van der Waals surface area (Å²) in [4.78, 5) is 28.3. The summed E-state index contributed by atoms with van der Waals surface area (Å²) in [5.41, 5.74) is 2.84. The van der Waals surface area contributed by atoms with E-state index in [1.807, 2.05) is 50.2 Å². The van der Waals surface area contributed by atoms with Crippen LogP contribution in [-0.2, 0) is 16.0 Å². The number of nitrogens with one attached hydrogen (secondary N) is 1. The molecule has 36 heavy (non-hydrogen) atoms. The lowest BCUT2D eigenvalue weighted by molar-refractivity contribution is -0.117. The fourth-order valence-electron chi connectivity index (χ4n) is 3.81. The summed E-state index contributed by atoms with van der Waals surface area (Å²) in [7, 11) is 0. The van der Waals surface area contributed by atoms with Crippen molar-refractivity contribution in [3.05, 3.63) is 99.5 Å². The number of para-hydroxylation sites is 1. The van der Waals surface area contributed by atoms with Crippen LogP contribution in [0.1, 0.15) is 18.1 Å². The smallest absolute Gasteiger partial charge is 0.269 e. The van der Waals surface area contributed by atoms with Gasteiger partial charge in [0, 0.05) is 16.4 Å². The molecule has 1 aliphatic heterocycles. The third-order valence-electron chi connectivity index (χ3n) is 5.64. The minimum Gasteiger partial charge on any atom is -0.494 e. The van der Waals surface area contributed by atoms with Gasteiger partial charge in [-0.15, -0.1) is 0 Å². The lowest BCUT2D eigenvalue weighted by Gasteiger charge is -2.19. The Morgan fingerprint density at radius 2 is 1.81 bits per heavy atom.